The van der Waals surface area contributed by atoms with Gasteiger partial charge in [-0.2, -0.15) is 0 Å². The molecule has 1 heterocycles. The third-order valence-corrected chi connectivity index (χ3v) is 3.72. The van der Waals surface area contributed by atoms with Crippen LogP contribution in [0.2, 0.25) is 0 Å². The molecule has 0 spiro atoms. The lowest BCUT2D eigenvalue weighted by Crippen LogP contribution is -2.45. The van der Waals surface area contributed by atoms with Gasteiger partial charge in [0, 0.05) is 25.2 Å². The average molecular weight is 299 g/mol. The van der Waals surface area contributed by atoms with E-state index in [9.17, 15) is 4.79 Å². The molecule has 0 aromatic rings. The first-order valence-corrected chi connectivity index (χ1v) is 8.07. The Labute approximate surface area is 130 Å². The fourth-order valence-corrected chi connectivity index (χ4v) is 2.50. The van der Waals surface area contributed by atoms with Gasteiger partial charge in [-0.1, -0.05) is 0 Å². The summed E-state index contributed by atoms with van der Waals surface area (Å²) in [5.41, 5.74) is -0.420. The van der Waals surface area contributed by atoms with Gasteiger partial charge in [-0.25, -0.2) is 4.79 Å². The van der Waals surface area contributed by atoms with Crippen molar-refractivity contribution >= 4 is 6.09 Å². The maximum Gasteiger partial charge on any atom is 0.410 e. The summed E-state index contributed by atoms with van der Waals surface area (Å²) in [5.74, 6) is 0. The molecule has 1 saturated heterocycles. The standard InChI is InChI=1S/C16H33N3O2/c1-13(9-11-18(5)6)17-12-14-8-7-10-19(14)15(20)21-16(2,3)4/h13-14,17H,7-12H2,1-6H3. The SMILES string of the molecule is CC(CCN(C)C)NCC1CCCN1C(=O)OC(C)(C)C. The lowest BCUT2D eigenvalue weighted by molar-refractivity contribution is 0.0225. The van der Waals surface area contributed by atoms with Crippen LogP contribution in [0.1, 0.15) is 47.0 Å². The Balaban J connectivity index is 2.38. The van der Waals surface area contributed by atoms with Crippen LogP contribution in [0.15, 0.2) is 0 Å². The minimum Gasteiger partial charge on any atom is -0.444 e. The third-order valence-electron chi connectivity index (χ3n) is 3.72. The molecule has 1 fully saturated rings. The summed E-state index contributed by atoms with van der Waals surface area (Å²) in [7, 11) is 4.18. The zero-order chi connectivity index (χ0) is 16.0. The van der Waals surface area contributed by atoms with E-state index in [2.05, 4.69) is 31.2 Å². The molecular weight excluding hydrogens is 266 g/mol. The summed E-state index contributed by atoms with van der Waals surface area (Å²) in [4.78, 5) is 16.3. The molecule has 5 heteroatoms. The topological polar surface area (TPSA) is 44.8 Å². The number of carbonyl (C=O) groups excluding carboxylic acids is 1. The number of ether oxygens (including phenoxy) is 1. The van der Waals surface area contributed by atoms with Gasteiger partial charge in [0.05, 0.1) is 0 Å². The van der Waals surface area contributed by atoms with Crippen molar-refractivity contribution in [1.82, 2.24) is 15.1 Å². The lowest BCUT2D eigenvalue weighted by Gasteiger charge is -2.29. The van der Waals surface area contributed by atoms with E-state index in [0.29, 0.717) is 6.04 Å². The minimum absolute atomic E-state index is 0.173. The Morgan fingerprint density at radius 1 is 1.43 bits per heavy atom. The van der Waals surface area contributed by atoms with Crippen molar-refractivity contribution in [2.75, 3.05) is 33.7 Å². The molecule has 0 aliphatic carbocycles. The van der Waals surface area contributed by atoms with E-state index in [-0.39, 0.29) is 12.1 Å². The molecule has 5 nitrogen and oxygen atoms in total. The fourth-order valence-electron chi connectivity index (χ4n) is 2.50. The van der Waals surface area contributed by atoms with Crippen molar-refractivity contribution in [3.05, 3.63) is 0 Å². The maximum absolute atomic E-state index is 12.2. The van der Waals surface area contributed by atoms with Crippen LogP contribution in [0.25, 0.3) is 0 Å². The minimum atomic E-state index is -0.420. The Morgan fingerprint density at radius 3 is 2.67 bits per heavy atom. The summed E-state index contributed by atoms with van der Waals surface area (Å²) >= 11 is 0. The number of likely N-dealkylation sites (tertiary alicyclic amines) is 1. The van der Waals surface area contributed by atoms with Crippen LogP contribution in [0.3, 0.4) is 0 Å². The van der Waals surface area contributed by atoms with Gasteiger partial charge in [-0.3, -0.25) is 0 Å². The van der Waals surface area contributed by atoms with E-state index in [4.69, 9.17) is 4.74 Å². The van der Waals surface area contributed by atoms with E-state index < -0.39 is 5.60 Å². The zero-order valence-corrected chi connectivity index (χ0v) is 14.6. The molecule has 0 radical (unpaired) electrons. The van der Waals surface area contributed by atoms with E-state index >= 15 is 0 Å². The van der Waals surface area contributed by atoms with Crippen LogP contribution in [0, 0.1) is 0 Å². The second kappa shape index (κ2) is 7.99. The van der Waals surface area contributed by atoms with Crippen LogP contribution < -0.4 is 5.32 Å². The van der Waals surface area contributed by atoms with Crippen molar-refractivity contribution in [2.45, 2.75) is 64.6 Å². The quantitative estimate of drug-likeness (QED) is 0.817. The van der Waals surface area contributed by atoms with Crippen LogP contribution in [0.5, 0.6) is 0 Å². The van der Waals surface area contributed by atoms with E-state index in [0.717, 1.165) is 38.9 Å². The third kappa shape index (κ3) is 7.14. The van der Waals surface area contributed by atoms with E-state index in [1.165, 1.54) is 0 Å². The van der Waals surface area contributed by atoms with Gasteiger partial charge >= 0.3 is 6.09 Å². The van der Waals surface area contributed by atoms with Crippen LogP contribution >= 0.6 is 0 Å². The summed E-state index contributed by atoms with van der Waals surface area (Å²) in [6.07, 6.45) is 3.07. The second-order valence-electron chi connectivity index (χ2n) is 7.37. The molecule has 1 N–H and O–H groups in total. The summed E-state index contributed by atoms with van der Waals surface area (Å²) in [6, 6.07) is 0.732. The average Bonchev–Trinajstić information content (AvgIpc) is 2.80. The van der Waals surface area contributed by atoms with Gasteiger partial charge in [0.2, 0.25) is 0 Å². The van der Waals surface area contributed by atoms with Crippen molar-refractivity contribution in [1.29, 1.82) is 0 Å². The first-order chi connectivity index (χ1) is 9.69. The molecule has 124 valence electrons. The van der Waals surface area contributed by atoms with E-state index in [1.807, 2.05) is 25.7 Å². The number of rotatable bonds is 6. The number of nitrogens with zero attached hydrogens (tertiary/aromatic N) is 2. The zero-order valence-electron chi connectivity index (χ0n) is 14.6. The molecule has 21 heavy (non-hydrogen) atoms. The highest BCUT2D eigenvalue weighted by Gasteiger charge is 2.31. The summed E-state index contributed by atoms with van der Waals surface area (Å²) in [5, 5.41) is 3.55. The van der Waals surface area contributed by atoms with Crippen molar-refractivity contribution in [3.8, 4) is 0 Å². The lowest BCUT2D eigenvalue weighted by atomic mass is 10.2. The number of hydrogen-bond acceptors (Lipinski definition) is 4. The Morgan fingerprint density at radius 2 is 2.10 bits per heavy atom. The molecule has 1 aliphatic heterocycles. The Hall–Kier alpha value is -0.810. The second-order valence-corrected chi connectivity index (χ2v) is 7.37. The van der Waals surface area contributed by atoms with Gasteiger partial charge in [-0.15, -0.1) is 0 Å². The highest BCUT2D eigenvalue weighted by molar-refractivity contribution is 5.69. The predicted molar refractivity (Wildman–Crippen MR) is 86.6 cm³/mol. The number of nitrogens with one attached hydrogen (secondary N) is 1. The number of hydrogen-bond donors (Lipinski definition) is 1. The highest BCUT2D eigenvalue weighted by Crippen LogP contribution is 2.20. The van der Waals surface area contributed by atoms with Crippen molar-refractivity contribution in [2.24, 2.45) is 0 Å². The predicted octanol–water partition coefficient (Wildman–Crippen LogP) is 2.32. The summed E-state index contributed by atoms with van der Waals surface area (Å²) < 4.78 is 5.49. The van der Waals surface area contributed by atoms with E-state index in [1.54, 1.807) is 0 Å². The molecule has 0 aromatic heterocycles. The molecule has 0 aromatic carbocycles. The summed E-state index contributed by atoms with van der Waals surface area (Å²) in [6.45, 7) is 10.7. The van der Waals surface area contributed by atoms with Crippen LogP contribution in [-0.2, 0) is 4.74 Å². The first-order valence-electron chi connectivity index (χ1n) is 8.07. The largest absolute Gasteiger partial charge is 0.444 e. The Kier molecular flexibility index (Phi) is 6.94. The highest BCUT2D eigenvalue weighted by atomic mass is 16.6. The maximum atomic E-state index is 12.2. The number of carbonyl (C=O) groups is 1. The Bertz CT molecular complexity index is 326. The fraction of sp³-hybridized carbons (Fsp3) is 0.938. The first kappa shape index (κ1) is 18.2. The van der Waals surface area contributed by atoms with Gasteiger partial charge in [0.15, 0.2) is 0 Å². The molecule has 1 amide bonds. The molecular formula is C16H33N3O2. The van der Waals surface area contributed by atoms with Crippen molar-refractivity contribution < 1.29 is 9.53 Å². The molecule has 2 unspecified atom stereocenters. The smallest absolute Gasteiger partial charge is 0.410 e. The van der Waals surface area contributed by atoms with Gasteiger partial charge in [0.25, 0.3) is 0 Å². The van der Waals surface area contributed by atoms with Crippen molar-refractivity contribution in [3.63, 3.8) is 0 Å². The van der Waals surface area contributed by atoms with Gasteiger partial charge < -0.3 is 19.9 Å². The van der Waals surface area contributed by atoms with Gasteiger partial charge in [-0.05, 0) is 67.6 Å². The monoisotopic (exact) mass is 299 g/mol. The molecule has 0 bridgehead atoms. The molecule has 1 aliphatic rings. The normalized spacial score (nSPS) is 20.9. The van der Waals surface area contributed by atoms with Crippen LogP contribution in [-0.4, -0.2) is 67.3 Å². The van der Waals surface area contributed by atoms with Gasteiger partial charge in [0.1, 0.15) is 5.60 Å². The molecule has 1 rings (SSSR count). The molecule has 2 atom stereocenters. The molecule has 0 saturated carbocycles. The number of amides is 1. The van der Waals surface area contributed by atoms with Crippen LogP contribution in [0.4, 0.5) is 4.79 Å².